The first-order valence-electron chi connectivity index (χ1n) is 5.86. The number of rotatable bonds is 3. The summed E-state index contributed by atoms with van der Waals surface area (Å²) < 4.78 is 0. The molecular weight excluding hydrogens is 242 g/mol. The van der Waals surface area contributed by atoms with Gasteiger partial charge in [-0.15, -0.1) is 0 Å². The summed E-state index contributed by atoms with van der Waals surface area (Å²) in [6.45, 7) is 3.29. The lowest BCUT2D eigenvalue weighted by Crippen LogP contribution is -2.04. The molecule has 0 radical (unpaired) electrons. The topological polar surface area (TPSA) is 60.2 Å². The summed E-state index contributed by atoms with van der Waals surface area (Å²) in [6, 6.07) is 12.0. The Bertz CT molecular complexity index is 625. The number of carbonyl (C=O) groups is 1. The summed E-state index contributed by atoms with van der Waals surface area (Å²) in [4.78, 5) is 22.8. The molecule has 0 spiro atoms. The van der Waals surface area contributed by atoms with Gasteiger partial charge in [0.05, 0.1) is 4.92 Å². The highest BCUT2D eigenvalue weighted by Gasteiger charge is 2.18. The molecule has 0 heterocycles. The minimum absolute atomic E-state index is 0.0737. The van der Waals surface area contributed by atoms with E-state index in [2.05, 4.69) is 0 Å². The fourth-order valence-corrected chi connectivity index (χ4v) is 2.13. The number of carbonyl (C=O) groups excluding carboxylic acids is 1. The molecule has 0 saturated heterocycles. The van der Waals surface area contributed by atoms with E-state index in [1.807, 2.05) is 6.07 Å². The second-order valence-electron chi connectivity index (χ2n) is 4.41. The summed E-state index contributed by atoms with van der Waals surface area (Å²) in [7, 11) is 0. The van der Waals surface area contributed by atoms with Crippen LogP contribution >= 0.6 is 0 Å². The van der Waals surface area contributed by atoms with Crippen LogP contribution in [0.3, 0.4) is 0 Å². The van der Waals surface area contributed by atoms with Gasteiger partial charge in [-0.2, -0.15) is 0 Å². The highest BCUT2D eigenvalue weighted by molar-refractivity contribution is 6.09. The van der Waals surface area contributed by atoms with E-state index >= 15 is 0 Å². The summed E-state index contributed by atoms with van der Waals surface area (Å²) in [6.07, 6.45) is 0. The molecule has 19 heavy (non-hydrogen) atoms. The number of hydrogen-bond donors (Lipinski definition) is 0. The highest BCUT2D eigenvalue weighted by atomic mass is 16.6. The molecule has 0 N–H and O–H groups in total. The summed E-state index contributed by atoms with van der Waals surface area (Å²) in [5, 5.41) is 10.9. The van der Waals surface area contributed by atoms with Crippen LogP contribution in [0, 0.1) is 24.0 Å². The average Bonchev–Trinajstić information content (AvgIpc) is 2.37. The third-order valence-electron chi connectivity index (χ3n) is 2.97. The zero-order valence-electron chi connectivity index (χ0n) is 10.7. The van der Waals surface area contributed by atoms with Crippen molar-refractivity contribution in [1.29, 1.82) is 0 Å². The van der Waals surface area contributed by atoms with Crippen molar-refractivity contribution in [2.75, 3.05) is 0 Å². The van der Waals surface area contributed by atoms with Crippen LogP contribution in [0.1, 0.15) is 27.0 Å². The Hall–Kier alpha value is -2.49. The molecule has 2 rings (SSSR count). The zero-order chi connectivity index (χ0) is 14.0. The monoisotopic (exact) mass is 255 g/mol. The van der Waals surface area contributed by atoms with Gasteiger partial charge >= 0.3 is 0 Å². The largest absolute Gasteiger partial charge is 0.289 e. The maximum absolute atomic E-state index is 12.3. The van der Waals surface area contributed by atoms with Gasteiger partial charge < -0.3 is 0 Å². The van der Waals surface area contributed by atoms with Crippen LogP contribution in [0.4, 0.5) is 5.69 Å². The molecule has 0 bridgehead atoms. The molecule has 0 atom stereocenters. The van der Waals surface area contributed by atoms with Crippen LogP contribution in [0.25, 0.3) is 0 Å². The molecule has 2 aromatic rings. The lowest BCUT2D eigenvalue weighted by Gasteiger charge is -2.06. The fraction of sp³-hybridized carbons (Fsp3) is 0.133. The molecule has 0 saturated carbocycles. The number of ketones is 1. The first-order valence-corrected chi connectivity index (χ1v) is 5.86. The van der Waals surface area contributed by atoms with E-state index < -0.39 is 4.92 Å². The lowest BCUT2D eigenvalue weighted by atomic mass is 9.98. The summed E-state index contributed by atoms with van der Waals surface area (Å²) in [5.41, 5.74) is 2.14. The zero-order valence-corrected chi connectivity index (χ0v) is 10.7. The first kappa shape index (κ1) is 13.0. The van der Waals surface area contributed by atoms with Crippen molar-refractivity contribution < 1.29 is 9.72 Å². The van der Waals surface area contributed by atoms with E-state index in [0.717, 1.165) is 0 Å². The Balaban J connectivity index is 2.48. The molecule has 0 aliphatic rings. The molecule has 96 valence electrons. The van der Waals surface area contributed by atoms with Gasteiger partial charge in [0.15, 0.2) is 5.78 Å². The van der Waals surface area contributed by atoms with E-state index in [0.29, 0.717) is 22.3 Å². The number of nitro benzene ring substituents is 1. The van der Waals surface area contributed by atoms with Crippen LogP contribution in [0.2, 0.25) is 0 Å². The molecule has 0 aliphatic heterocycles. The molecule has 2 aromatic carbocycles. The molecule has 0 amide bonds. The Morgan fingerprint density at radius 3 is 2.00 bits per heavy atom. The summed E-state index contributed by atoms with van der Waals surface area (Å²) in [5.74, 6) is -0.123. The van der Waals surface area contributed by atoms with Crippen molar-refractivity contribution in [1.82, 2.24) is 0 Å². The molecule has 0 aromatic heterocycles. The smallest absolute Gasteiger partial charge is 0.275 e. The van der Waals surface area contributed by atoms with Crippen LogP contribution in [0.5, 0.6) is 0 Å². The van der Waals surface area contributed by atoms with Gasteiger partial charge in [-0.3, -0.25) is 14.9 Å². The van der Waals surface area contributed by atoms with Gasteiger partial charge in [-0.05, 0) is 26.0 Å². The minimum atomic E-state index is -0.415. The second kappa shape index (κ2) is 5.02. The van der Waals surface area contributed by atoms with Gasteiger partial charge in [0.1, 0.15) is 0 Å². The Morgan fingerprint density at radius 2 is 1.53 bits per heavy atom. The first-order chi connectivity index (χ1) is 9.00. The molecule has 0 aliphatic carbocycles. The number of hydrogen-bond acceptors (Lipinski definition) is 3. The molecule has 4 nitrogen and oxygen atoms in total. The van der Waals surface area contributed by atoms with Gasteiger partial charge in [-0.1, -0.05) is 30.3 Å². The van der Waals surface area contributed by atoms with Crippen LogP contribution < -0.4 is 0 Å². The predicted octanol–water partition coefficient (Wildman–Crippen LogP) is 3.44. The van der Waals surface area contributed by atoms with Crippen molar-refractivity contribution in [3.63, 3.8) is 0 Å². The van der Waals surface area contributed by atoms with Crippen LogP contribution in [-0.4, -0.2) is 10.7 Å². The van der Waals surface area contributed by atoms with Crippen molar-refractivity contribution in [3.8, 4) is 0 Å². The summed E-state index contributed by atoms with van der Waals surface area (Å²) >= 11 is 0. The third-order valence-corrected chi connectivity index (χ3v) is 2.97. The third kappa shape index (κ3) is 2.52. The normalized spacial score (nSPS) is 10.2. The fourth-order valence-electron chi connectivity index (χ4n) is 2.13. The number of nitrogens with zero attached hydrogens (tertiary/aromatic N) is 1. The van der Waals surface area contributed by atoms with E-state index in [-0.39, 0.29) is 11.5 Å². The maximum atomic E-state index is 12.3. The lowest BCUT2D eigenvalue weighted by molar-refractivity contribution is -0.386. The van der Waals surface area contributed by atoms with Crippen molar-refractivity contribution in [2.24, 2.45) is 0 Å². The van der Waals surface area contributed by atoms with Crippen molar-refractivity contribution in [2.45, 2.75) is 13.8 Å². The van der Waals surface area contributed by atoms with Gasteiger partial charge in [0.25, 0.3) is 5.69 Å². The number of nitro groups is 1. The second-order valence-corrected chi connectivity index (χ2v) is 4.41. The Morgan fingerprint density at radius 1 is 1.00 bits per heavy atom. The standard InChI is InChI=1S/C15H13NO3/c1-10-8-13(9-11(2)14(10)16(18)19)15(17)12-6-4-3-5-7-12/h3-9H,1-2H3. The highest BCUT2D eigenvalue weighted by Crippen LogP contribution is 2.25. The Kier molecular flexibility index (Phi) is 3.42. The van der Waals surface area contributed by atoms with E-state index in [1.54, 1.807) is 50.2 Å². The van der Waals surface area contributed by atoms with E-state index in [9.17, 15) is 14.9 Å². The van der Waals surface area contributed by atoms with E-state index in [1.165, 1.54) is 0 Å². The molecule has 0 fully saturated rings. The molecular formula is C15H13NO3. The minimum Gasteiger partial charge on any atom is -0.289 e. The molecule has 4 heteroatoms. The maximum Gasteiger partial charge on any atom is 0.275 e. The number of benzene rings is 2. The van der Waals surface area contributed by atoms with Crippen LogP contribution in [-0.2, 0) is 0 Å². The van der Waals surface area contributed by atoms with Crippen molar-refractivity contribution >= 4 is 11.5 Å². The van der Waals surface area contributed by atoms with E-state index in [4.69, 9.17) is 0 Å². The quantitative estimate of drug-likeness (QED) is 0.479. The average molecular weight is 255 g/mol. The van der Waals surface area contributed by atoms with Crippen molar-refractivity contribution in [3.05, 3.63) is 74.8 Å². The SMILES string of the molecule is Cc1cc(C(=O)c2ccccc2)cc(C)c1[N+](=O)[O-]. The van der Waals surface area contributed by atoms with Crippen LogP contribution in [0.15, 0.2) is 42.5 Å². The number of aryl methyl sites for hydroxylation is 2. The molecule has 0 unspecified atom stereocenters. The predicted molar refractivity (Wildman–Crippen MR) is 72.4 cm³/mol. The van der Waals surface area contributed by atoms with Gasteiger partial charge in [0, 0.05) is 22.3 Å². The van der Waals surface area contributed by atoms with Gasteiger partial charge in [0.2, 0.25) is 0 Å². The Labute approximate surface area is 110 Å². The van der Waals surface area contributed by atoms with Gasteiger partial charge in [-0.25, -0.2) is 0 Å².